The lowest BCUT2D eigenvalue weighted by Crippen LogP contribution is -2.36. The van der Waals surface area contributed by atoms with Gasteiger partial charge in [0, 0.05) is 24.6 Å². The SMILES string of the molecule is CC(C)(C)C(=O)NCCc1nnc2ccccn12. The first-order chi connectivity index (χ1) is 8.48. The summed E-state index contributed by atoms with van der Waals surface area (Å²) in [6.45, 7) is 6.27. The Labute approximate surface area is 106 Å². The van der Waals surface area contributed by atoms with E-state index >= 15 is 0 Å². The molecule has 96 valence electrons. The van der Waals surface area contributed by atoms with Crippen molar-refractivity contribution in [3.8, 4) is 0 Å². The molecular formula is C13H18N4O. The standard InChI is InChI=1S/C13H18N4O/c1-13(2,3)12(18)14-8-7-11-16-15-10-6-4-5-9-17(10)11/h4-6,9H,7-8H2,1-3H3,(H,14,18). The number of carbonyl (C=O) groups excluding carboxylic acids is 1. The maximum Gasteiger partial charge on any atom is 0.225 e. The first-order valence-electron chi connectivity index (χ1n) is 6.05. The zero-order valence-electron chi connectivity index (χ0n) is 11.0. The normalized spacial score (nSPS) is 11.7. The second-order valence-corrected chi connectivity index (χ2v) is 5.30. The highest BCUT2D eigenvalue weighted by Gasteiger charge is 2.20. The molecule has 1 amide bonds. The van der Waals surface area contributed by atoms with Crippen LogP contribution in [0.3, 0.4) is 0 Å². The van der Waals surface area contributed by atoms with E-state index in [-0.39, 0.29) is 11.3 Å². The highest BCUT2D eigenvalue weighted by atomic mass is 16.2. The minimum Gasteiger partial charge on any atom is -0.355 e. The van der Waals surface area contributed by atoms with Crippen molar-refractivity contribution in [2.75, 3.05) is 6.54 Å². The van der Waals surface area contributed by atoms with E-state index in [0.29, 0.717) is 13.0 Å². The molecule has 5 heteroatoms. The Morgan fingerprint density at radius 1 is 1.33 bits per heavy atom. The van der Waals surface area contributed by atoms with Gasteiger partial charge in [0.1, 0.15) is 5.82 Å². The van der Waals surface area contributed by atoms with Gasteiger partial charge in [-0.2, -0.15) is 0 Å². The van der Waals surface area contributed by atoms with Crippen LogP contribution in [0.5, 0.6) is 0 Å². The van der Waals surface area contributed by atoms with Crippen molar-refractivity contribution in [1.29, 1.82) is 0 Å². The predicted octanol–water partition coefficient (Wildman–Crippen LogP) is 1.43. The van der Waals surface area contributed by atoms with Crippen LogP contribution >= 0.6 is 0 Å². The van der Waals surface area contributed by atoms with Gasteiger partial charge in [-0.25, -0.2) is 0 Å². The van der Waals surface area contributed by atoms with E-state index in [2.05, 4.69) is 15.5 Å². The quantitative estimate of drug-likeness (QED) is 0.891. The van der Waals surface area contributed by atoms with Crippen LogP contribution in [0, 0.1) is 5.41 Å². The van der Waals surface area contributed by atoms with Gasteiger partial charge < -0.3 is 5.32 Å². The zero-order chi connectivity index (χ0) is 13.2. The molecular weight excluding hydrogens is 228 g/mol. The average molecular weight is 246 g/mol. The number of nitrogens with one attached hydrogen (secondary N) is 1. The summed E-state index contributed by atoms with van der Waals surface area (Å²) in [7, 11) is 0. The Morgan fingerprint density at radius 2 is 2.11 bits per heavy atom. The van der Waals surface area contributed by atoms with Gasteiger partial charge in [0.15, 0.2) is 5.65 Å². The smallest absolute Gasteiger partial charge is 0.225 e. The number of carbonyl (C=O) groups is 1. The van der Waals surface area contributed by atoms with Crippen LogP contribution in [-0.2, 0) is 11.2 Å². The monoisotopic (exact) mass is 246 g/mol. The topological polar surface area (TPSA) is 59.3 Å². The maximum absolute atomic E-state index is 11.7. The molecule has 2 aromatic rings. The number of fused-ring (bicyclic) bond motifs is 1. The molecule has 0 saturated carbocycles. The molecule has 0 aliphatic heterocycles. The molecule has 5 nitrogen and oxygen atoms in total. The summed E-state index contributed by atoms with van der Waals surface area (Å²) in [4.78, 5) is 11.7. The maximum atomic E-state index is 11.7. The third kappa shape index (κ3) is 2.67. The molecule has 2 aromatic heterocycles. The van der Waals surface area contributed by atoms with Crippen LogP contribution in [-0.4, -0.2) is 27.0 Å². The Balaban J connectivity index is 1.97. The number of amides is 1. The lowest BCUT2D eigenvalue weighted by Gasteiger charge is -2.17. The summed E-state index contributed by atoms with van der Waals surface area (Å²) in [6, 6.07) is 5.77. The van der Waals surface area contributed by atoms with E-state index in [1.807, 2.05) is 49.6 Å². The van der Waals surface area contributed by atoms with E-state index in [0.717, 1.165) is 11.5 Å². The third-order valence-electron chi connectivity index (χ3n) is 2.70. The largest absolute Gasteiger partial charge is 0.355 e. The van der Waals surface area contributed by atoms with Crippen molar-refractivity contribution >= 4 is 11.6 Å². The number of rotatable bonds is 3. The fourth-order valence-electron chi connectivity index (χ4n) is 1.61. The predicted molar refractivity (Wildman–Crippen MR) is 69.2 cm³/mol. The molecule has 0 fully saturated rings. The lowest BCUT2D eigenvalue weighted by molar-refractivity contribution is -0.128. The van der Waals surface area contributed by atoms with Crippen LogP contribution in [0.1, 0.15) is 26.6 Å². The number of hydrogen-bond donors (Lipinski definition) is 1. The highest BCUT2D eigenvalue weighted by molar-refractivity contribution is 5.81. The Morgan fingerprint density at radius 3 is 2.83 bits per heavy atom. The third-order valence-corrected chi connectivity index (χ3v) is 2.70. The molecule has 0 radical (unpaired) electrons. The first-order valence-corrected chi connectivity index (χ1v) is 6.05. The van der Waals surface area contributed by atoms with Crippen molar-refractivity contribution in [3.63, 3.8) is 0 Å². The van der Waals surface area contributed by atoms with Gasteiger partial charge in [-0.3, -0.25) is 9.20 Å². The summed E-state index contributed by atoms with van der Waals surface area (Å²) in [5.41, 5.74) is 0.474. The van der Waals surface area contributed by atoms with Crippen molar-refractivity contribution < 1.29 is 4.79 Å². The zero-order valence-corrected chi connectivity index (χ0v) is 11.0. The fourth-order valence-corrected chi connectivity index (χ4v) is 1.61. The van der Waals surface area contributed by atoms with Crippen LogP contribution in [0.25, 0.3) is 5.65 Å². The van der Waals surface area contributed by atoms with Crippen molar-refractivity contribution in [3.05, 3.63) is 30.2 Å². The van der Waals surface area contributed by atoms with E-state index in [1.54, 1.807) is 0 Å². The number of aromatic nitrogens is 3. The van der Waals surface area contributed by atoms with Gasteiger partial charge in [0.25, 0.3) is 0 Å². The lowest BCUT2D eigenvalue weighted by atomic mass is 9.96. The molecule has 0 spiro atoms. The molecule has 0 aromatic carbocycles. The Bertz CT molecular complexity index is 553. The molecule has 0 saturated heterocycles. The van der Waals surface area contributed by atoms with Crippen LogP contribution in [0.2, 0.25) is 0 Å². The van der Waals surface area contributed by atoms with E-state index < -0.39 is 0 Å². The molecule has 0 aliphatic carbocycles. The van der Waals surface area contributed by atoms with Gasteiger partial charge in [-0.05, 0) is 12.1 Å². The summed E-state index contributed by atoms with van der Waals surface area (Å²) in [5.74, 6) is 0.913. The summed E-state index contributed by atoms with van der Waals surface area (Å²) in [6.07, 6.45) is 2.60. The summed E-state index contributed by atoms with van der Waals surface area (Å²) < 4.78 is 1.93. The molecule has 2 heterocycles. The van der Waals surface area contributed by atoms with Crippen molar-refractivity contribution in [2.24, 2.45) is 5.41 Å². The summed E-state index contributed by atoms with van der Waals surface area (Å²) in [5, 5.41) is 11.1. The fraction of sp³-hybridized carbons (Fsp3) is 0.462. The van der Waals surface area contributed by atoms with Crippen LogP contribution in [0.4, 0.5) is 0 Å². The highest BCUT2D eigenvalue weighted by Crippen LogP contribution is 2.12. The van der Waals surface area contributed by atoms with Gasteiger partial charge in [-0.15, -0.1) is 10.2 Å². The van der Waals surface area contributed by atoms with Gasteiger partial charge in [0.05, 0.1) is 0 Å². The molecule has 0 bridgehead atoms. The summed E-state index contributed by atoms with van der Waals surface area (Å²) >= 11 is 0. The Hall–Kier alpha value is -1.91. The Kier molecular flexibility index (Phi) is 3.32. The number of pyridine rings is 1. The van der Waals surface area contributed by atoms with Gasteiger partial charge in [-0.1, -0.05) is 26.8 Å². The van der Waals surface area contributed by atoms with E-state index in [4.69, 9.17) is 0 Å². The molecule has 0 unspecified atom stereocenters. The van der Waals surface area contributed by atoms with Crippen molar-refractivity contribution in [2.45, 2.75) is 27.2 Å². The minimum atomic E-state index is -0.354. The van der Waals surface area contributed by atoms with Gasteiger partial charge >= 0.3 is 0 Å². The molecule has 0 atom stereocenters. The van der Waals surface area contributed by atoms with Crippen LogP contribution < -0.4 is 5.32 Å². The van der Waals surface area contributed by atoms with E-state index in [9.17, 15) is 4.79 Å². The molecule has 18 heavy (non-hydrogen) atoms. The average Bonchev–Trinajstić information content (AvgIpc) is 2.71. The number of nitrogens with zero attached hydrogens (tertiary/aromatic N) is 3. The second kappa shape index (κ2) is 4.76. The van der Waals surface area contributed by atoms with Gasteiger partial charge in [0.2, 0.25) is 5.91 Å². The molecule has 2 rings (SSSR count). The molecule has 0 aliphatic rings. The van der Waals surface area contributed by atoms with Crippen LogP contribution in [0.15, 0.2) is 24.4 Å². The second-order valence-electron chi connectivity index (χ2n) is 5.30. The number of hydrogen-bond acceptors (Lipinski definition) is 3. The molecule has 1 N–H and O–H groups in total. The van der Waals surface area contributed by atoms with E-state index in [1.165, 1.54) is 0 Å². The van der Waals surface area contributed by atoms with Crippen molar-refractivity contribution in [1.82, 2.24) is 19.9 Å². The minimum absolute atomic E-state index is 0.0521. The first kappa shape index (κ1) is 12.5.